The number of nitrogens with zero attached hydrogens (tertiary/aromatic N) is 2. The molecule has 0 aromatic heterocycles. The molecule has 0 N–H and O–H groups in total. The molecule has 0 bridgehead atoms. The molecule has 2 rings (SSSR count). The van der Waals surface area contributed by atoms with Crippen LogP contribution in [-0.4, -0.2) is 37.1 Å². The molecule has 106 valence electrons. The van der Waals surface area contributed by atoms with Crippen molar-refractivity contribution in [1.29, 1.82) is 0 Å². The molecule has 0 amide bonds. The molecule has 1 aromatic rings. The van der Waals surface area contributed by atoms with Crippen molar-refractivity contribution in [1.82, 2.24) is 4.90 Å². The van der Waals surface area contributed by atoms with Gasteiger partial charge in [-0.05, 0) is 37.1 Å². The first-order valence-corrected chi connectivity index (χ1v) is 7.52. The number of anilines is 1. The first-order chi connectivity index (χ1) is 9.13. The third kappa shape index (κ3) is 3.61. The zero-order valence-corrected chi connectivity index (χ0v) is 12.5. The minimum atomic E-state index is -0.197. The topological polar surface area (TPSA) is 6.48 Å². The normalized spacial score (nSPS) is 18.6. The average molecular weight is 285 g/mol. The highest BCUT2D eigenvalue weighted by molar-refractivity contribution is 6.17. The number of hydrogen-bond donors (Lipinski definition) is 0. The number of rotatable bonds is 4. The summed E-state index contributed by atoms with van der Waals surface area (Å²) in [5, 5.41) is 0. The van der Waals surface area contributed by atoms with E-state index < -0.39 is 0 Å². The molecule has 1 aliphatic heterocycles. The van der Waals surface area contributed by atoms with E-state index in [9.17, 15) is 4.39 Å². The Labute approximate surface area is 120 Å². The lowest BCUT2D eigenvalue weighted by atomic mass is 10.1. The molecule has 19 heavy (non-hydrogen) atoms. The van der Waals surface area contributed by atoms with Gasteiger partial charge in [0.15, 0.2) is 0 Å². The maximum absolute atomic E-state index is 13.5. The maximum atomic E-state index is 13.5. The number of benzene rings is 1. The molecule has 1 atom stereocenters. The summed E-state index contributed by atoms with van der Waals surface area (Å²) in [4.78, 5) is 4.75. The van der Waals surface area contributed by atoms with E-state index in [4.69, 9.17) is 11.6 Å². The molecule has 1 unspecified atom stereocenters. The SMILES string of the molecule is CCC(C)N1CCN(c2cc(F)cc(CCl)c2)CC1. The van der Waals surface area contributed by atoms with Crippen LogP contribution in [0.5, 0.6) is 0 Å². The molecule has 1 heterocycles. The van der Waals surface area contributed by atoms with Crippen LogP contribution in [0.4, 0.5) is 10.1 Å². The maximum Gasteiger partial charge on any atom is 0.125 e. The Morgan fingerprint density at radius 2 is 1.89 bits per heavy atom. The average Bonchev–Trinajstić information content (AvgIpc) is 2.46. The molecule has 0 radical (unpaired) electrons. The zero-order chi connectivity index (χ0) is 13.8. The summed E-state index contributed by atoms with van der Waals surface area (Å²) in [5.41, 5.74) is 1.81. The standard InChI is InChI=1S/C15H22ClFN2/c1-3-12(2)18-4-6-19(7-5-18)15-9-13(11-16)8-14(17)10-15/h8-10,12H,3-7,11H2,1-2H3. The summed E-state index contributed by atoms with van der Waals surface area (Å²) in [5.74, 6) is 0.162. The van der Waals surface area contributed by atoms with Crippen LogP contribution in [-0.2, 0) is 5.88 Å². The van der Waals surface area contributed by atoms with E-state index in [1.165, 1.54) is 12.5 Å². The first-order valence-electron chi connectivity index (χ1n) is 6.98. The lowest BCUT2D eigenvalue weighted by Gasteiger charge is -2.39. The van der Waals surface area contributed by atoms with Gasteiger partial charge in [-0.1, -0.05) is 6.92 Å². The molecular formula is C15H22ClFN2. The molecular weight excluding hydrogens is 263 g/mol. The largest absolute Gasteiger partial charge is 0.369 e. The molecule has 1 saturated heterocycles. The fourth-order valence-corrected chi connectivity index (χ4v) is 2.73. The Kier molecular flexibility index (Phi) is 5.06. The molecule has 2 nitrogen and oxygen atoms in total. The van der Waals surface area contributed by atoms with Crippen LogP contribution < -0.4 is 4.90 Å². The van der Waals surface area contributed by atoms with Gasteiger partial charge in [0.05, 0.1) is 0 Å². The van der Waals surface area contributed by atoms with Crippen LogP contribution in [0, 0.1) is 5.82 Å². The molecule has 1 aromatic carbocycles. The summed E-state index contributed by atoms with van der Waals surface area (Å²) in [6.07, 6.45) is 1.18. The van der Waals surface area contributed by atoms with E-state index in [0.717, 1.165) is 37.4 Å². The number of halogens is 2. The van der Waals surface area contributed by atoms with Gasteiger partial charge >= 0.3 is 0 Å². The third-order valence-electron chi connectivity index (χ3n) is 3.99. The van der Waals surface area contributed by atoms with Crippen LogP contribution in [0.2, 0.25) is 0 Å². The van der Waals surface area contributed by atoms with Crippen LogP contribution in [0.1, 0.15) is 25.8 Å². The molecule has 0 saturated carbocycles. The van der Waals surface area contributed by atoms with Crippen LogP contribution in [0.25, 0.3) is 0 Å². The van der Waals surface area contributed by atoms with Gasteiger partial charge in [0, 0.05) is 43.8 Å². The quantitative estimate of drug-likeness (QED) is 0.781. The van der Waals surface area contributed by atoms with Gasteiger partial charge in [0.1, 0.15) is 5.82 Å². The molecule has 1 fully saturated rings. The minimum absolute atomic E-state index is 0.197. The van der Waals surface area contributed by atoms with Gasteiger partial charge in [-0.15, -0.1) is 11.6 Å². The van der Waals surface area contributed by atoms with Gasteiger partial charge in [-0.25, -0.2) is 4.39 Å². The zero-order valence-electron chi connectivity index (χ0n) is 11.7. The van der Waals surface area contributed by atoms with Gasteiger partial charge in [0.2, 0.25) is 0 Å². The highest BCUT2D eigenvalue weighted by Gasteiger charge is 2.20. The highest BCUT2D eigenvalue weighted by Crippen LogP contribution is 2.22. The summed E-state index contributed by atoms with van der Waals surface area (Å²) >= 11 is 5.80. The van der Waals surface area contributed by atoms with Gasteiger partial charge in [-0.3, -0.25) is 4.90 Å². The second kappa shape index (κ2) is 6.58. The predicted molar refractivity (Wildman–Crippen MR) is 79.5 cm³/mol. The summed E-state index contributed by atoms with van der Waals surface area (Å²) in [6.45, 7) is 8.48. The van der Waals surface area contributed by atoms with Crippen molar-refractivity contribution in [2.24, 2.45) is 0 Å². The summed E-state index contributed by atoms with van der Waals surface area (Å²) < 4.78 is 13.5. The Hall–Kier alpha value is -0.800. The van der Waals surface area contributed by atoms with E-state index in [0.29, 0.717) is 11.9 Å². The van der Waals surface area contributed by atoms with Crippen molar-refractivity contribution < 1.29 is 4.39 Å². The van der Waals surface area contributed by atoms with Gasteiger partial charge in [0.25, 0.3) is 0 Å². The van der Waals surface area contributed by atoms with Gasteiger partial charge in [-0.2, -0.15) is 0 Å². The van der Waals surface area contributed by atoms with E-state index >= 15 is 0 Å². The number of hydrogen-bond acceptors (Lipinski definition) is 2. The van der Waals surface area contributed by atoms with E-state index in [1.807, 2.05) is 6.07 Å². The Morgan fingerprint density at radius 3 is 2.47 bits per heavy atom. The molecule has 4 heteroatoms. The Morgan fingerprint density at radius 1 is 1.21 bits per heavy atom. The first kappa shape index (κ1) is 14.6. The number of piperazine rings is 1. The summed E-state index contributed by atoms with van der Waals surface area (Å²) in [7, 11) is 0. The third-order valence-corrected chi connectivity index (χ3v) is 4.30. The Bertz CT molecular complexity index is 417. The van der Waals surface area contributed by atoms with Crippen molar-refractivity contribution in [3.05, 3.63) is 29.6 Å². The second-order valence-electron chi connectivity index (χ2n) is 5.23. The van der Waals surface area contributed by atoms with E-state index in [2.05, 4.69) is 23.6 Å². The van der Waals surface area contributed by atoms with Crippen molar-refractivity contribution >= 4 is 17.3 Å². The van der Waals surface area contributed by atoms with Crippen LogP contribution >= 0.6 is 11.6 Å². The molecule has 0 spiro atoms. The minimum Gasteiger partial charge on any atom is -0.369 e. The van der Waals surface area contributed by atoms with Crippen molar-refractivity contribution in [2.45, 2.75) is 32.2 Å². The summed E-state index contributed by atoms with van der Waals surface area (Å²) in [6, 6.07) is 5.74. The highest BCUT2D eigenvalue weighted by atomic mass is 35.5. The lowest BCUT2D eigenvalue weighted by Crippen LogP contribution is -2.49. The second-order valence-corrected chi connectivity index (χ2v) is 5.50. The predicted octanol–water partition coefficient (Wildman–Crippen LogP) is 3.49. The fraction of sp³-hybridized carbons (Fsp3) is 0.600. The Balaban J connectivity index is 2.03. The van der Waals surface area contributed by atoms with Crippen molar-refractivity contribution in [3.8, 4) is 0 Å². The van der Waals surface area contributed by atoms with Crippen LogP contribution in [0.3, 0.4) is 0 Å². The van der Waals surface area contributed by atoms with Crippen molar-refractivity contribution in [2.75, 3.05) is 31.1 Å². The van der Waals surface area contributed by atoms with Gasteiger partial charge < -0.3 is 4.90 Å². The molecule has 1 aliphatic rings. The lowest BCUT2D eigenvalue weighted by molar-refractivity contribution is 0.193. The van der Waals surface area contributed by atoms with E-state index in [-0.39, 0.29) is 5.82 Å². The molecule has 0 aliphatic carbocycles. The van der Waals surface area contributed by atoms with Crippen molar-refractivity contribution in [3.63, 3.8) is 0 Å². The monoisotopic (exact) mass is 284 g/mol. The fourth-order valence-electron chi connectivity index (χ4n) is 2.57. The smallest absolute Gasteiger partial charge is 0.125 e. The number of alkyl halides is 1. The van der Waals surface area contributed by atoms with E-state index in [1.54, 1.807) is 6.07 Å². The van der Waals surface area contributed by atoms with Crippen LogP contribution in [0.15, 0.2) is 18.2 Å².